The van der Waals surface area contributed by atoms with Crippen molar-refractivity contribution in [3.8, 4) is 0 Å². The normalized spacial score (nSPS) is 9.44. The van der Waals surface area contributed by atoms with E-state index in [2.05, 4.69) is 5.32 Å². The van der Waals surface area contributed by atoms with E-state index in [1.807, 2.05) is 0 Å². The fraction of sp³-hybridized carbons (Fsp3) is 0.300. The summed E-state index contributed by atoms with van der Waals surface area (Å²) in [7, 11) is 0. The molecule has 16 heavy (non-hydrogen) atoms. The van der Waals surface area contributed by atoms with Crippen LogP contribution in [0.5, 0.6) is 0 Å². The molecule has 90 valence electrons. The number of amides is 1. The fourth-order valence-electron chi connectivity index (χ4n) is 1.07. The SMILES string of the molecule is Cl.NCCCNC(=O)c1ccc(F)cc1Cl. The van der Waals surface area contributed by atoms with E-state index in [4.69, 9.17) is 17.3 Å². The average Bonchev–Trinajstić information content (AvgIpc) is 2.17. The Morgan fingerprint density at radius 2 is 2.19 bits per heavy atom. The van der Waals surface area contributed by atoms with Crippen LogP contribution in [0.4, 0.5) is 4.39 Å². The smallest absolute Gasteiger partial charge is 0.252 e. The van der Waals surface area contributed by atoms with Crippen molar-refractivity contribution in [3.05, 3.63) is 34.6 Å². The number of carbonyl (C=O) groups is 1. The molecule has 0 aromatic heterocycles. The van der Waals surface area contributed by atoms with Crippen LogP contribution in [-0.2, 0) is 0 Å². The van der Waals surface area contributed by atoms with E-state index in [0.29, 0.717) is 19.5 Å². The van der Waals surface area contributed by atoms with Gasteiger partial charge in [-0.2, -0.15) is 0 Å². The third kappa shape index (κ3) is 4.35. The summed E-state index contributed by atoms with van der Waals surface area (Å²) in [6, 6.07) is 3.67. The van der Waals surface area contributed by atoms with E-state index in [-0.39, 0.29) is 28.9 Å². The van der Waals surface area contributed by atoms with Crippen molar-refractivity contribution in [3.63, 3.8) is 0 Å². The number of hydrogen-bond donors (Lipinski definition) is 2. The number of halogens is 3. The number of nitrogens with two attached hydrogens (primary N) is 1. The van der Waals surface area contributed by atoms with Crippen LogP contribution in [0.25, 0.3) is 0 Å². The Balaban J connectivity index is 0.00000225. The van der Waals surface area contributed by atoms with Gasteiger partial charge in [-0.3, -0.25) is 4.79 Å². The maximum absolute atomic E-state index is 12.7. The molecule has 0 saturated carbocycles. The lowest BCUT2D eigenvalue weighted by Crippen LogP contribution is -2.26. The molecule has 1 aromatic rings. The first-order chi connectivity index (χ1) is 7.15. The summed E-state index contributed by atoms with van der Waals surface area (Å²) >= 11 is 5.71. The summed E-state index contributed by atoms with van der Waals surface area (Å²) in [5.74, 6) is -0.771. The monoisotopic (exact) mass is 266 g/mol. The Kier molecular flexibility index (Phi) is 7.05. The topological polar surface area (TPSA) is 55.1 Å². The van der Waals surface area contributed by atoms with Crippen LogP contribution >= 0.6 is 24.0 Å². The molecule has 0 unspecified atom stereocenters. The van der Waals surface area contributed by atoms with E-state index in [1.165, 1.54) is 12.1 Å². The molecule has 3 nitrogen and oxygen atoms in total. The number of hydrogen-bond acceptors (Lipinski definition) is 2. The maximum atomic E-state index is 12.7. The highest BCUT2D eigenvalue weighted by Crippen LogP contribution is 2.16. The molecular formula is C10H13Cl2FN2O. The van der Waals surface area contributed by atoms with Crippen molar-refractivity contribution in [1.29, 1.82) is 0 Å². The number of benzene rings is 1. The minimum atomic E-state index is -0.460. The first-order valence-electron chi connectivity index (χ1n) is 4.58. The summed E-state index contributed by atoms with van der Waals surface area (Å²) < 4.78 is 12.7. The van der Waals surface area contributed by atoms with Crippen molar-refractivity contribution in [2.45, 2.75) is 6.42 Å². The van der Waals surface area contributed by atoms with Gasteiger partial charge < -0.3 is 11.1 Å². The first kappa shape index (κ1) is 15.2. The molecule has 1 amide bonds. The third-order valence-corrected chi connectivity index (χ3v) is 2.15. The summed E-state index contributed by atoms with van der Waals surface area (Å²) in [6.07, 6.45) is 0.699. The first-order valence-corrected chi connectivity index (χ1v) is 4.96. The van der Waals surface area contributed by atoms with Crippen LogP contribution in [0.2, 0.25) is 5.02 Å². The second-order valence-electron chi connectivity index (χ2n) is 3.02. The van der Waals surface area contributed by atoms with Crippen LogP contribution in [-0.4, -0.2) is 19.0 Å². The number of rotatable bonds is 4. The van der Waals surface area contributed by atoms with Crippen molar-refractivity contribution in [2.24, 2.45) is 5.73 Å². The summed E-state index contributed by atoms with van der Waals surface area (Å²) in [5, 5.41) is 2.75. The van der Waals surface area contributed by atoms with Gasteiger partial charge in [0.05, 0.1) is 10.6 Å². The molecule has 1 aromatic carbocycles. The minimum Gasteiger partial charge on any atom is -0.352 e. The summed E-state index contributed by atoms with van der Waals surface area (Å²) in [6.45, 7) is 1.00. The van der Waals surface area contributed by atoms with Crippen LogP contribution in [0, 0.1) is 5.82 Å². The zero-order chi connectivity index (χ0) is 11.3. The Morgan fingerprint density at radius 1 is 1.50 bits per heavy atom. The van der Waals surface area contributed by atoms with Gasteiger partial charge in [0.15, 0.2) is 0 Å². The van der Waals surface area contributed by atoms with Gasteiger partial charge in [0.1, 0.15) is 5.82 Å². The van der Waals surface area contributed by atoms with Gasteiger partial charge in [-0.05, 0) is 31.2 Å². The predicted octanol–water partition coefficient (Wildman–Crippen LogP) is 1.98. The van der Waals surface area contributed by atoms with Crippen LogP contribution in [0.1, 0.15) is 16.8 Å². The lowest BCUT2D eigenvalue weighted by atomic mass is 10.2. The van der Waals surface area contributed by atoms with Crippen LogP contribution in [0.3, 0.4) is 0 Å². The highest BCUT2D eigenvalue weighted by atomic mass is 35.5. The third-order valence-electron chi connectivity index (χ3n) is 1.84. The highest BCUT2D eigenvalue weighted by molar-refractivity contribution is 6.33. The van der Waals surface area contributed by atoms with Crippen LogP contribution < -0.4 is 11.1 Å². The lowest BCUT2D eigenvalue weighted by molar-refractivity contribution is 0.0953. The van der Waals surface area contributed by atoms with Gasteiger partial charge in [-0.25, -0.2) is 4.39 Å². The lowest BCUT2D eigenvalue weighted by Gasteiger charge is -2.05. The molecule has 0 heterocycles. The quantitative estimate of drug-likeness (QED) is 0.819. The van der Waals surface area contributed by atoms with Crippen molar-refractivity contribution in [1.82, 2.24) is 5.32 Å². The van der Waals surface area contributed by atoms with Crippen molar-refractivity contribution in [2.75, 3.05) is 13.1 Å². The van der Waals surface area contributed by atoms with Gasteiger partial charge in [-0.1, -0.05) is 11.6 Å². The minimum absolute atomic E-state index is 0. The largest absolute Gasteiger partial charge is 0.352 e. The second-order valence-corrected chi connectivity index (χ2v) is 3.43. The molecule has 0 aliphatic heterocycles. The van der Waals surface area contributed by atoms with E-state index >= 15 is 0 Å². The fourth-order valence-corrected chi connectivity index (χ4v) is 1.33. The maximum Gasteiger partial charge on any atom is 0.252 e. The van der Waals surface area contributed by atoms with E-state index in [9.17, 15) is 9.18 Å². The Hall–Kier alpha value is -0.840. The Bertz CT molecular complexity index is 361. The van der Waals surface area contributed by atoms with Crippen molar-refractivity contribution >= 4 is 29.9 Å². The van der Waals surface area contributed by atoms with Crippen molar-refractivity contribution < 1.29 is 9.18 Å². The van der Waals surface area contributed by atoms with Gasteiger partial charge in [0.2, 0.25) is 0 Å². The molecule has 0 aliphatic carbocycles. The molecule has 0 atom stereocenters. The summed E-state index contributed by atoms with van der Waals surface area (Å²) in [5.41, 5.74) is 5.55. The molecular weight excluding hydrogens is 254 g/mol. The number of carbonyl (C=O) groups excluding carboxylic acids is 1. The Morgan fingerprint density at radius 3 is 2.75 bits per heavy atom. The molecule has 0 saturated heterocycles. The molecule has 0 spiro atoms. The van der Waals surface area contributed by atoms with Gasteiger partial charge in [0, 0.05) is 6.54 Å². The standard InChI is InChI=1S/C10H12ClFN2O.ClH/c11-9-6-7(12)2-3-8(9)10(15)14-5-1-4-13;/h2-3,6H,1,4-5,13H2,(H,14,15);1H. The average molecular weight is 267 g/mol. The molecule has 3 N–H and O–H groups in total. The second kappa shape index (κ2) is 7.44. The molecule has 0 bridgehead atoms. The van der Waals surface area contributed by atoms with Gasteiger partial charge in [0.25, 0.3) is 5.91 Å². The molecule has 0 fully saturated rings. The molecule has 0 radical (unpaired) electrons. The van der Waals surface area contributed by atoms with E-state index < -0.39 is 5.82 Å². The molecule has 1 rings (SSSR count). The zero-order valence-electron chi connectivity index (χ0n) is 8.50. The summed E-state index contributed by atoms with van der Waals surface area (Å²) in [4.78, 5) is 11.5. The molecule has 0 aliphatic rings. The predicted molar refractivity (Wildman–Crippen MR) is 64.7 cm³/mol. The van der Waals surface area contributed by atoms with Gasteiger partial charge in [-0.15, -0.1) is 12.4 Å². The Labute approximate surface area is 105 Å². The highest BCUT2D eigenvalue weighted by Gasteiger charge is 2.09. The van der Waals surface area contributed by atoms with Gasteiger partial charge >= 0.3 is 0 Å². The molecule has 6 heteroatoms. The van der Waals surface area contributed by atoms with E-state index in [1.54, 1.807) is 0 Å². The number of nitrogens with one attached hydrogen (secondary N) is 1. The van der Waals surface area contributed by atoms with Crippen LogP contribution in [0.15, 0.2) is 18.2 Å². The zero-order valence-corrected chi connectivity index (χ0v) is 10.1. The van der Waals surface area contributed by atoms with E-state index in [0.717, 1.165) is 6.07 Å².